The van der Waals surface area contributed by atoms with Gasteiger partial charge in [0.25, 0.3) is 0 Å². The zero-order chi connectivity index (χ0) is 30.2. The second kappa shape index (κ2) is 12.5. The van der Waals surface area contributed by atoms with Crippen LogP contribution in [0.4, 0.5) is 0 Å². The van der Waals surface area contributed by atoms with Crippen LogP contribution in [0.5, 0.6) is 0 Å². The number of aliphatic hydroxyl groups excluding tert-OH is 1. The van der Waals surface area contributed by atoms with Gasteiger partial charge < -0.3 is 9.52 Å². The Morgan fingerprint density at radius 3 is 2.35 bits per heavy atom. The van der Waals surface area contributed by atoms with Crippen molar-refractivity contribution in [3.63, 3.8) is 0 Å². The molecular weight excluding hydrogens is 735 g/mol. The van der Waals surface area contributed by atoms with Gasteiger partial charge in [-0.1, -0.05) is 89.7 Å². The second-order valence-corrected chi connectivity index (χ2v) is 13.1. The maximum Gasteiger partial charge on any atom is 0.164 e. The fourth-order valence-corrected chi connectivity index (χ4v) is 4.96. The number of furan rings is 1. The fraction of sp³-hybridized carbons (Fsp3) is 0.257. The van der Waals surface area contributed by atoms with E-state index in [1.807, 2.05) is 70.6 Å². The molecule has 0 aliphatic carbocycles. The number of fused-ring (bicyclic) bond motifs is 4. The van der Waals surface area contributed by atoms with Gasteiger partial charge in [0.2, 0.25) is 0 Å². The van der Waals surface area contributed by atoms with Crippen LogP contribution in [0.3, 0.4) is 0 Å². The van der Waals surface area contributed by atoms with Gasteiger partial charge in [0, 0.05) is 59.0 Å². The molecule has 0 aliphatic heterocycles. The molecule has 0 saturated heterocycles. The third kappa shape index (κ3) is 6.93. The zero-order valence-electron chi connectivity index (χ0n) is 25.3. The summed E-state index contributed by atoms with van der Waals surface area (Å²) < 4.78 is 6.22. The molecule has 8 heteroatoms. The summed E-state index contributed by atoms with van der Waals surface area (Å²) in [5.74, 6) is 0.104. The van der Waals surface area contributed by atoms with Gasteiger partial charge in [0.1, 0.15) is 17.7 Å². The average molecular weight is 769 g/mol. The van der Waals surface area contributed by atoms with E-state index in [0.717, 1.165) is 60.9 Å². The first-order valence-electron chi connectivity index (χ1n) is 13.8. The van der Waals surface area contributed by atoms with Gasteiger partial charge in [-0.3, -0.25) is 9.78 Å². The molecule has 6 aromatic rings. The van der Waals surface area contributed by atoms with E-state index >= 15 is 0 Å². The first-order valence-corrected chi connectivity index (χ1v) is 14.7. The van der Waals surface area contributed by atoms with Crippen molar-refractivity contribution in [2.24, 2.45) is 10.8 Å². The number of nitrogens with zero attached hydrogens (tertiary/aromatic N) is 3. The molecule has 0 bridgehead atoms. The summed E-state index contributed by atoms with van der Waals surface area (Å²) in [5, 5.41) is 14.7. The van der Waals surface area contributed by atoms with E-state index in [-0.39, 0.29) is 37.1 Å². The smallest absolute Gasteiger partial charge is 0.164 e. The summed E-state index contributed by atoms with van der Waals surface area (Å²) in [4.78, 5) is 25.0. The van der Waals surface area contributed by atoms with E-state index in [9.17, 15) is 9.90 Å². The number of para-hydroxylation sites is 1. The van der Waals surface area contributed by atoms with Crippen molar-refractivity contribution in [2.45, 2.75) is 48.5 Å². The third-order valence-corrected chi connectivity index (χ3v) is 7.51. The molecule has 3 heterocycles. The van der Waals surface area contributed by atoms with Gasteiger partial charge in [0.05, 0.1) is 22.3 Å². The molecule has 3 aromatic heterocycles. The Bertz CT molecular complexity index is 1950. The maximum absolute atomic E-state index is 11.5. The number of hydrogen-bond donors (Lipinski definition) is 1. The van der Waals surface area contributed by atoms with E-state index in [2.05, 4.69) is 58.3 Å². The SMILES string of the molecule is CC(C)(C)C(=O)C=C(O)C(C)(C)C.Cc1[c-]c(-c2ncnc3cc(-c4cscn4)ccc23)c2oc3ccccc3c2c1.[Ir]. The molecule has 6 nitrogen and oxygen atoms in total. The number of benzene rings is 3. The Hall–Kier alpha value is -3.71. The van der Waals surface area contributed by atoms with E-state index < -0.39 is 5.41 Å². The van der Waals surface area contributed by atoms with Crippen LogP contribution in [0.2, 0.25) is 0 Å². The molecule has 1 radical (unpaired) electrons. The van der Waals surface area contributed by atoms with Gasteiger partial charge in [-0.25, -0.2) is 9.97 Å². The van der Waals surface area contributed by atoms with E-state index in [1.165, 1.54) is 6.08 Å². The monoisotopic (exact) mass is 769 g/mol. The quantitative estimate of drug-likeness (QED) is 0.110. The van der Waals surface area contributed by atoms with Crippen molar-refractivity contribution in [1.82, 2.24) is 15.0 Å². The summed E-state index contributed by atoms with van der Waals surface area (Å²) in [6.45, 7) is 13.2. The number of aliphatic hydroxyl groups is 1. The third-order valence-electron chi connectivity index (χ3n) is 6.92. The molecule has 0 aliphatic rings. The van der Waals surface area contributed by atoms with E-state index in [4.69, 9.17) is 4.42 Å². The van der Waals surface area contributed by atoms with Crippen molar-refractivity contribution < 1.29 is 34.4 Å². The van der Waals surface area contributed by atoms with Crippen LogP contribution >= 0.6 is 11.3 Å². The maximum atomic E-state index is 11.5. The molecular formula is C35H34IrN3O3S-. The molecule has 0 unspecified atom stereocenters. The zero-order valence-corrected chi connectivity index (χ0v) is 28.5. The largest absolute Gasteiger partial charge is 0.512 e. The molecule has 223 valence electrons. The van der Waals surface area contributed by atoms with Gasteiger partial charge in [0.15, 0.2) is 5.78 Å². The number of thiazole rings is 1. The molecule has 3 aromatic carbocycles. The number of aromatic nitrogens is 3. The standard InChI is InChI=1S/C24H14N3OS.C11H20O2.Ir/c1-14-8-18-16-4-2-3-5-22(16)28-24(18)19(9-14)23-17-7-6-15(21-11-29-13-27-21)10-20(17)25-12-26-23;1-10(2,3)8(12)7-9(13)11(4,5)6;/h2-8,10-13H,1H3;7,12H,1-6H3;/q-1;;. The Morgan fingerprint density at radius 1 is 0.930 bits per heavy atom. The molecule has 0 fully saturated rings. The Balaban J connectivity index is 0.000000260. The first kappa shape index (κ1) is 32.2. The van der Waals surface area contributed by atoms with Crippen molar-refractivity contribution in [2.75, 3.05) is 0 Å². The fourth-order valence-electron chi connectivity index (χ4n) is 4.40. The van der Waals surface area contributed by atoms with Crippen LogP contribution in [0, 0.1) is 23.8 Å². The number of aryl methyl sites for hydroxylation is 1. The van der Waals surface area contributed by atoms with Gasteiger partial charge in [-0.05, 0) is 17.5 Å². The molecule has 43 heavy (non-hydrogen) atoms. The number of rotatable bonds is 3. The molecule has 0 spiro atoms. The topological polar surface area (TPSA) is 89.1 Å². The van der Waals surface area contributed by atoms with Gasteiger partial charge in [-0.15, -0.1) is 29.0 Å². The Kier molecular flexibility index (Phi) is 9.36. The van der Waals surface area contributed by atoms with Crippen LogP contribution < -0.4 is 0 Å². The number of allylic oxidation sites excluding steroid dienone is 2. The normalized spacial score (nSPS) is 12.2. The average Bonchev–Trinajstić information content (AvgIpc) is 3.60. The number of carbonyl (C=O) groups is 1. The summed E-state index contributed by atoms with van der Waals surface area (Å²) in [5.41, 5.74) is 8.37. The van der Waals surface area contributed by atoms with Crippen LogP contribution in [0.1, 0.15) is 47.1 Å². The summed E-state index contributed by atoms with van der Waals surface area (Å²) in [6, 6.07) is 19.9. The predicted octanol–water partition coefficient (Wildman–Crippen LogP) is 9.52. The minimum atomic E-state index is -0.417. The van der Waals surface area contributed by atoms with Crippen molar-refractivity contribution in [3.8, 4) is 22.5 Å². The molecule has 0 atom stereocenters. The number of ketones is 1. The van der Waals surface area contributed by atoms with Gasteiger partial charge in [-0.2, -0.15) is 0 Å². The van der Waals surface area contributed by atoms with Crippen LogP contribution in [0.15, 0.2) is 82.0 Å². The summed E-state index contributed by atoms with van der Waals surface area (Å²) in [6.07, 6.45) is 2.94. The van der Waals surface area contributed by atoms with Crippen LogP contribution in [-0.4, -0.2) is 25.8 Å². The van der Waals surface area contributed by atoms with E-state index in [0.29, 0.717) is 0 Å². The Labute approximate surface area is 269 Å². The minimum absolute atomic E-state index is 0. The predicted molar refractivity (Wildman–Crippen MR) is 172 cm³/mol. The van der Waals surface area contributed by atoms with Crippen LogP contribution in [0.25, 0.3) is 55.4 Å². The molecule has 6 rings (SSSR count). The summed E-state index contributed by atoms with van der Waals surface area (Å²) in [7, 11) is 0. The van der Waals surface area contributed by atoms with Gasteiger partial charge >= 0.3 is 0 Å². The number of hydrogen-bond acceptors (Lipinski definition) is 7. The second-order valence-electron chi connectivity index (χ2n) is 12.4. The first-order chi connectivity index (χ1) is 19.8. The van der Waals surface area contributed by atoms with E-state index in [1.54, 1.807) is 17.7 Å². The molecule has 0 amide bonds. The van der Waals surface area contributed by atoms with Crippen LogP contribution in [-0.2, 0) is 24.9 Å². The minimum Gasteiger partial charge on any atom is -0.512 e. The molecule has 1 N–H and O–H groups in total. The van der Waals surface area contributed by atoms with Crippen molar-refractivity contribution in [3.05, 3.63) is 89.2 Å². The summed E-state index contributed by atoms with van der Waals surface area (Å²) >= 11 is 1.58. The number of carbonyl (C=O) groups excluding carboxylic acids is 1. The van der Waals surface area contributed by atoms with Crippen molar-refractivity contribution >= 4 is 50.0 Å². The molecule has 0 saturated carbocycles. The van der Waals surface area contributed by atoms with Crippen molar-refractivity contribution in [1.29, 1.82) is 0 Å². The Morgan fingerprint density at radius 2 is 1.67 bits per heavy atom.